The molecule has 3 heterocycles. The van der Waals surface area contributed by atoms with Crippen LogP contribution in [0.25, 0.3) is 22.0 Å². The van der Waals surface area contributed by atoms with E-state index in [2.05, 4.69) is 58.4 Å². The minimum atomic E-state index is -1.05. The van der Waals surface area contributed by atoms with Crippen LogP contribution >= 0.6 is 10.0 Å². The van der Waals surface area contributed by atoms with Crippen molar-refractivity contribution in [3.63, 3.8) is 0 Å². The molecule has 3 aromatic rings. The van der Waals surface area contributed by atoms with Crippen molar-refractivity contribution in [3.05, 3.63) is 36.5 Å². The second-order valence-electron chi connectivity index (χ2n) is 8.83. The van der Waals surface area contributed by atoms with E-state index in [1.54, 1.807) is 13.8 Å². The summed E-state index contributed by atoms with van der Waals surface area (Å²) in [6.07, 6.45) is 14.7. The molecule has 6 nitrogen and oxygen atoms in total. The van der Waals surface area contributed by atoms with E-state index < -0.39 is 15.6 Å². The van der Waals surface area contributed by atoms with Gasteiger partial charge in [-0.2, -0.15) is 5.10 Å². The number of pyridine rings is 1. The van der Waals surface area contributed by atoms with Crippen molar-refractivity contribution in [2.45, 2.75) is 39.6 Å². The fraction of sp³-hybridized carbons (Fsp3) is 0.478. The molecule has 30 heavy (non-hydrogen) atoms. The fourth-order valence-corrected chi connectivity index (χ4v) is 3.62. The molecule has 0 aromatic carbocycles. The van der Waals surface area contributed by atoms with Gasteiger partial charge in [-0.25, -0.2) is 19.7 Å². The van der Waals surface area contributed by atoms with E-state index in [0.29, 0.717) is 12.4 Å². The molecule has 3 aromatic heterocycles. The third kappa shape index (κ3) is 5.88. The summed E-state index contributed by atoms with van der Waals surface area (Å²) in [6, 6.07) is 1.98. The van der Waals surface area contributed by atoms with Crippen molar-refractivity contribution in [2.75, 3.05) is 31.1 Å². The molecule has 0 aliphatic carbocycles. The fourth-order valence-electron chi connectivity index (χ4n) is 3.00. The normalized spacial score (nSPS) is 12.8. The van der Waals surface area contributed by atoms with E-state index in [0.717, 1.165) is 40.9 Å². The van der Waals surface area contributed by atoms with Crippen LogP contribution in [0.5, 0.6) is 0 Å². The Morgan fingerprint density at radius 1 is 1.20 bits per heavy atom. The number of aryl methyl sites for hydroxylation is 1. The number of nitrogens with zero attached hydrogens (tertiary/aromatic N) is 4. The van der Waals surface area contributed by atoms with Crippen molar-refractivity contribution in [1.82, 2.24) is 19.3 Å². The number of aliphatic hydroxyl groups is 1. The van der Waals surface area contributed by atoms with Crippen molar-refractivity contribution in [1.29, 1.82) is 0 Å². The number of rotatable bonds is 7. The zero-order valence-electron chi connectivity index (χ0n) is 18.8. The average molecular weight is 429 g/mol. The topological polar surface area (TPSA) is 65.1 Å². The maximum absolute atomic E-state index is 9.88. The van der Waals surface area contributed by atoms with E-state index in [1.807, 2.05) is 29.3 Å². The van der Waals surface area contributed by atoms with Gasteiger partial charge in [-0.1, -0.05) is 5.92 Å². The van der Waals surface area contributed by atoms with Gasteiger partial charge in [0.25, 0.3) is 0 Å². The van der Waals surface area contributed by atoms with Crippen LogP contribution in [0.2, 0.25) is 0 Å². The Bertz CT molecular complexity index is 1070. The molecule has 0 spiro atoms. The van der Waals surface area contributed by atoms with E-state index in [9.17, 15) is 5.11 Å². The minimum Gasteiger partial charge on any atom is -0.378 e. The Balaban J connectivity index is 1.86. The van der Waals surface area contributed by atoms with Crippen LogP contribution in [0.4, 0.5) is 0 Å². The number of hydrogen-bond acceptors (Lipinski definition) is 4. The van der Waals surface area contributed by atoms with Gasteiger partial charge in [0, 0.05) is 41.2 Å². The average Bonchev–Trinajstić information content (AvgIpc) is 3.26. The summed E-state index contributed by atoms with van der Waals surface area (Å²) in [5.41, 5.74) is 2.76. The molecule has 0 atom stereocenters. The standard InChI is InChI=1S/C23H32N4O2S/c1-7-26-16-21(18-13-25-27(15-18)17-29-10-11-30(4,5)6)20-12-19(24-14-22(20)26)8-9-23(2,3)28/h12-16,28H,7,10-11,17H2,1-6H3. The highest BCUT2D eigenvalue weighted by atomic mass is 32.3. The van der Waals surface area contributed by atoms with Gasteiger partial charge in [-0.15, -0.1) is 0 Å². The van der Waals surface area contributed by atoms with Gasteiger partial charge >= 0.3 is 0 Å². The summed E-state index contributed by atoms with van der Waals surface area (Å²) in [6.45, 7) is 7.48. The van der Waals surface area contributed by atoms with Crippen LogP contribution in [0, 0.1) is 11.8 Å². The van der Waals surface area contributed by atoms with Gasteiger partial charge in [0.15, 0.2) is 0 Å². The predicted octanol–water partition coefficient (Wildman–Crippen LogP) is 3.71. The lowest BCUT2D eigenvalue weighted by Crippen LogP contribution is -2.14. The summed E-state index contributed by atoms with van der Waals surface area (Å²) >= 11 is 0. The molecule has 0 saturated heterocycles. The van der Waals surface area contributed by atoms with Crippen molar-refractivity contribution >= 4 is 20.9 Å². The van der Waals surface area contributed by atoms with Crippen molar-refractivity contribution in [3.8, 4) is 23.0 Å². The number of fused-ring (bicyclic) bond motifs is 1. The molecule has 0 amide bonds. The highest BCUT2D eigenvalue weighted by molar-refractivity contribution is 8.32. The van der Waals surface area contributed by atoms with Gasteiger partial charge in [0.1, 0.15) is 18.0 Å². The maximum atomic E-state index is 9.88. The molecule has 0 aliphatic rings. The molecule has 7 heteroatoms. The van der Waals surface area contributed by atoms with E-state index in [-0.39, 0.29) is 0 Å². The summed E-state index contributed by atoms with van der Waals surface area (Å²) in [5, 5.41) is 15.4. The first kappa shape index (κ1) is 22.4. The lowest BCUT2D eigenvalue weighted by Gasteiger charge is -2.24. The van der Waals surface area contributed by atoms with Crippen LogP contribution in [0.1, 0.15) is 26.5 Å². The highest BCUT2D eigenvalue weighted by Crippen LogP contribution is 2.33. The summed E-state index contributed by atoms with van der Waals surface area (Å²) < 4.78 is 9.81. The molecular weight excluding hydrogens is 396 g/mol. The lowest BCUT2D eigenvalue weighted by atomic mass is 10.1. The largest absolute Gasteiger partial charge is 0.378 e. The zero-order valence-corrected chi connectivity index (χ0v) is 19.6. The number of hydrogen-bond donors (Lipinski definition) is 1. The van der Waals surface area contributed by atoms with Gasteiger partial charge in [-0.05, 0) is 51.5 Å². The molecule has 0 fully saturated rings. The first-order valence-corrected chi connectivity index (χ1v) is 13.1. The van der Waals surface area contributed by atoms with Crippen LogP contribution in [-0.2, 0) is 18.0 Å². The lowest BCUT2D eigenvalue weighted by molar-refractivity contribution is 0.0809. The van der Waals surface area contributed by atoms with Gasteiger partial charge < -0.3 is 14.4 Å². The second-order valence-corrected chi connectivity index (χ2v) is 13.4. The smallest absolute Gasteiger partial charge is 0.139 e. The number of aromatic nitrogens is 4. The van der Waals surface area contributed by atoms with E-state index in [4.69, 9.17) is 4.74 Å². The SMILES string of the molecule is CCn1cc(-c2cnn(COCCS(C)(C)C)c2)c2cc(C#CC(C)(C)O)ncc21. The van der Waals surface area contributed by atoms with Crippen LogP contribution in [0.3, 0.4) is 0 Å². The Hall–Kier alpha value is -2.27. The van der Waals surface area contributed by atoms with Crippen LogP contribution in [0.15, 0.2) is 30.9 Å². The molecule has 0 saturated carbocycles. The summed E-state index contributed by atoms with van der Waals surface area (Å²) in [5.74, 6) is 6.90. The van der Waals surface area contributed by atoms with Crippen molar-refractivity contribution < 1.29 is 9.84 Å². The summed E-state index contributed by atoms with van der Waals surface area (Å²) in [7, 11) is -0.549. The predicted molar refractivity (Wildman–Crippen MR) is 126 cm³/mol. The molecule has 0 radical (unpaired) electrons. The first-order chi connectivity index (χ1) is 14.1. The molecule has 0 aliphatic heterocycles. The molecule has 162 valence electrons. The second kappa shape index (κ2) is 8.84. The summed E-state index contributed by atoms with van der Waals surface area (Å²) in [4.78, 5) is 4.46. The quantitative estimate of drug-likeness (QED) is 0.460. The Kier molecular flexibility index (Phi) is 6.61. The molecule has 0 unspecified atom stereocenters. The third-order valence-corrected chi connectivity index (χ3v) is 6.00. The molecular formula is C23H32N4O2S. The van der Waals surface area contributed by atoms with E-state index in [1.165, 1.54) is 0 Å². The zero-order chi connectivity index (χ0) is 21.9. The number of ether oxygens (including phenoxy) is 1. The third-order valence-electron chi connectivity index (χ3n) is 4.61. The Morgan fingerprint density at radius 3 is 2.63 bits per heavy atom. The highest BCUT2D eigenvalue weighted by Gasteiger charge is 2.13. The van der Waals surface area contributed by atoms with Crippen LogP contribution in [-0.4, -0.2) is 61.2 Å². The van der Waals surface area contributed by atoms with E-state index >= 15 is 0 Å². The Morgan fingerprint density at radius 2 is 1.97 bits per heavy atom. The Labute approximate surface area is 180 Å². The first-order valence-electron chi connectivity index (χ1n) is 10.1. The van der Waals surface area contributed by atoms with Crippen molar-refractivity contribution in [2.24, 2.45) is 0 Å². The monoisotopic (exact) mass is 428 g/mol. The minimum absolute atomic E-state index is 0.450. The molecule has 1 N–H and O–H groups in total. The molecule has 3 rings (SSSR count). The maximum Gasteiger partial charge on any atom is 0.139 e. The van der Waals surface area contributed by atoms with Gasteiger partial charge in [-0.3, -0.25) is 0 Å². The van der Waals surface area contributed by atoms with Gasteiger partial charge in [0.2, 0.25) is 0 Å². The van der Waals surface area contributed by atoms with Crippen LogP contribution < -0.4 is 0 Å². The van der Waals surface area contributed by atoms with Gasteiger partial charge in [0.05, 0.1) is 24.5 Å². The molecule has 0 bridgehead atoms.